The van der Waals surface area contributed by atoms with E-state index in [1.165, 1.54) is 23.0 Å². The Morgan fingerprint density at radius 2 is 1.80 bits per heavy atom. The Labute approximate surface area is 140 Å². The summed E-state index contributed by atoms with van der Waals surface area (Å²) in [7, 11) is 0. The van der Waals surface area contributed by atoms with Gasteiger partial charge in [0.15, 0.2) is 5.65 Å². The van der Waals surface area contributed by atoms with Crippen LogP contribution in [0.3, 0.4) is 0 Å². The van der Waals surface area contributed by atoms with Crippen LogP contribution in [-0.4, -0.2) is 30.6 Å². The fraction of sp³-hybridized carbons (Fsp3) is 0.118. The number of aromatic nitrogens is 5. The van der Waals surface area contributed by atoms with Crippen molar-refractivity contribution in [2.24, 2.45) is 0 Å². The molecule has 1 aromatic carbocycles. The number of alkyl halides is 2. The predicted octanol–water partition coefficient (Wildman–Crippen LogP) is 3.66. The van der Waals surface area contributed by atoms with Crippen molar-refractivity contribution in [2.75, 3.05) is 0 Å². The van der Waals surface area contributed by atoms with Gasteiger partial charge in [-0.1, -0.05) is 0 Å². The fourth-order valence-corrected chi connectivity index (χ4v) is 2.70. The maximum Gasteiger partial charge on any atom is 0.256 e. The highest BCUT2D eigenvalue weighted by molar-refractivity contribution is 5.77. The summed E-state index contributed by atoms with van der Waals surface area (Å²) in [5.74, 6) is -0.379. The van der Waals surface area contributed by atoms with Gasteiger partial charge < -0.3 is 4.57 Å². The first-order valence-corrected chi connectivity index (χ1v) is 7.52. The van der Waals surface area contributed by atoms with E-state index in [1.807, 2.05) is 0 Å². The minimum Gasteiger partial charge on any atom is -0.323 e. The lowest BCUT2D eigenvalue weighted by Crippen LogP contribution is -2.08. The van der Waals surface area contributed by atoms with Crippen LogP contribution in [0.1, 0.15) is 0 Å². The van der Waals surface area contributed by atoms with Crippen LogP contribution < -0.4 is 0 Å². The SMILES string of the molecule is Fc1ccc(-c2ncn(CC(F)F)c2-c2ccc3nccn3n2)cc1. The van der Waals surface area contributed by atoms with Gasteiger partial charge in [-0.2, -0.15) is 5.10 Å². The molecule has 5 nitrogen and oxygen atoms in total. The molecule has 0 unspecified atom stereocenters. The van der Waals surface area contributed by atoms with Crippen molar-refractivity contribution < 1.29 is 13.2 Å². The van der Waals surface area contributed by atoms with Gasteiger partial charge in [0, 0.05) is 18.0 Å². The summed E-state index contributed by atoms with van der Waals surface area (Å²) in [4.78, 5) is 8.37. The van der Waals surface area contributed by atoms with E-state index in [0.29, 0.717) is 28.3 Å². The first-order chi connectivity index (χ1) is 12.1. The van der Waals surface area contributed by atoms with E-state index in [0.717, 1.165) is 0 Å². The second kappa shape index (κ2) is 6.04. The topological polar surface area (TPSA) is 48.0 Å². The van der Waals surface area contributed by atoms with Gasteiger partial charge in [0.25, 0.3) is 6.43 Å². The average Bonchev–Trinajstić information content (AvgIpc) is 3.21. The summed E-state index contributed by atoms with van der Waals surface area (Å²) in [5, 5.41) is 4.42. The molecule has 0 amide bonds. The maximum atomic E-state index is 13.2. The molecule has 8 heteroatoms. The Bertz CT molecular complexity index is 1020. The van der Waals surface area contributed by atoms with Gasteiger partial charge in [-0.05, 0) is 36.4 Å². The van der Waals surface area contributed by atoms with Gasteiger partial charge in [0.2, 0.25) is 0 Å². The quantitative estimate of drug-likeness (QED) is 0.568. The smallest absolute Gasteiger partial charge is 0.256 e. The van der Waals surface area contributed by atoms with Crippen molar-refractivity contribution in [2.45, 2.75) is 13.0 Å². The van der Waals surface area contributed by atoms with E-state index in [4.69, 9.17) is 0 Å². The van der Waals surface area contributed by atoms with Gasteiger partial charge in [-0.25, -0.2) is 27.7 Å². The number of rotatable bonds is 4. The van der Waals surface area contributed by atoms with Gasteiger partial charge in [0.1, 0.15) is 11.5 Å². The van der Waals surface area contributed by atoms with Gasteiger partial charge >= 0.3 is 0 Å². The highest BCUT2D eigenvalue weighted by Crippen LogP contribution is 2.30. The first-order valence-electron chi connectivity index (χ1n) is 7.52. The summed E-state index contributed by atoms with van der Waals surface area (Å²) in [6.45, 7) is -0.507. The second-order valence-corrected chi connectivity index (χ2v) is 5.44. The highest BCUT2D eigenvalue weighted by atomic mass is 19.3. The number of halogens is 3. The average molecular weight is 343 g/mol. The summed E-state index contributed by atoms with van der Waals surface area (Å²) < 4.78 is 42.0. The van der Waals surface area contributed by atoms with Crippen LogP contribution in [0.4, 0.5) is 13.2 Å². The second-order valence-electron chi connectivity index (χ2n) is 5.44. The third-order valence-electron chi connectivity index (χ3n) is 3.79. The zero-order valence-electron chi connectivity index (χ0n) is 12.9. The van der Waals surface area contributed by atoms with Crippen LogP contribution in [0.15, 0.2) is 55.1 Å². The van der Waals surface area contributed by atoms with Gasteiger partial charge in [0.05, 0.1) is 24.3 Å². The summed E-state index contributed by atoms with van der Waals surface area (Å²) in [5.41, 5.74) is 2.65. The summed E-state index contributed by atoms with van der Waals surface area (Å²) in [6.07, 6.45) is 2.08. The van der Waals surface area contributed by atoms with Crippen molar-refractivity contribution in [3.63, 3.8) is 0 Å². The van der Waals surface area contributed by atoms with Crippen molar-refractivity contribution >= 4 is 5.65 Å². The third kappa shape index (κ3) is 2.86. The first kappa shape index (κ1) is 15.4. The molecule has 4 rings (SSSR count). The van der Waals surface area contributed by atoms with Crippen molar-refractivity contribution in [1.82, 2.24) is 24.1 Å². The Morgan fingerprint density at radius 1 is 1.00 bits per heavy atom. The van der Waals surface area contributed by atoms with E-state index in [9.17, 15) is 13.2 Å². The van der Waals surface area contributed by atoms with E-state index < -0.39 is 13.0 Å². The van der Waals surface area contributed by atoms with Gasteiger partial charge in [-0.3, -0.25) is 0 Å². The monoisotopic (exact) mass is 343 g/mol. The molecule has 4 aromatic rings. The molecule has 0 saturated carbocycles. The zero-order valence-corrected chi connectivity index (χ0v) is 12.9. The molecule has 0 spiro atoms. The number of imidazole rings is 2. The van der Waals surface area contributed by atoms with Crippen LogP contribution >= 0.6 is 0 Å². The zero-order chi connectivity index (χ0) is 17.4. The molecule has 0 fully saturated rings. The number of benzene rings is 1. The molecule has 0 aliphatic heterocycles. The fourth-order valence-electron chi connectivity index (χ4n) is 2.70. The molecule has 0 atom stereocenters. The van der Waals surface area contributed by atoms with Crippen molar-refractivity contribution in [3.8, 4) is 22.6 Å². The highest BCUT2D eigenvalue weighted by Gasteiger charge is 2.19. The Hall–Kier alpha value is -3.16. The molecular weight excluding hydrogens is 331 g/mol. The molecule has 3 heterocycles. The summed E-state index contributed by atoms with van der Waals surface area (Å²) in [6, 6.07) is 9.17. The molecule has 0 aliphatic carbocycles. The molecule has 0 radical (unpaired) electrons. The summed E-state index contributed by atoms with van der Waals surface area (Å²) >= 11 is 0. The van der Waals surface area contributed by atoms with E-state index in [1.54, 1.807) is 41.2 Å². The van der Waals surface area contributed by atoms with Crippen LogP contribution in [0.25, 0.3) is 28.3 Å². The maximum absolute atomic E-state index is 13.2. The minimum absolute atomic E-state index is 0.379. The van der Waals surface area contributed by atoms with E-state index in [-0.39, 0.29) is 5.82 Å². The molecule has 0 N–H and O–H groups in total. The Kier molecular flexibility index (Phi) is 3.72. The molecule has 3 aromatic heterocycles. The lowest BCUT2D eigenvalue weighted by molar-refractivity contribution is 0.127. The lowest BCUT2D eigenvalue weighted by Gasteiger charge is -2.10. The normalized spacial score (nSPS) is 11.5. The molecule has 126 valence electrons. The van der Waals surface area contributed by atoms with Crippen molar-refractivity contribution in [1.29, 1.82) is 0 Å². The molecule has 25 heavy (non-hydrogen) atoms. The number of nitrogens with zero attached hydrogens (tertiary/aromatic N) is 5. The van der Waals surface area contributed by atoms with Crippen molar-refractivity contribution in [3.05, 3.63) is 60.9 Å². The number of fused-ring (bicyclic) bond motifs is 1. The predicted molar refractivity (Wildman–Crippen MR) is 85.6 cm³/mol. The standard InChI is InChI=1S/C17H12F3N5/c18-12-3-1-11(2-4-12)16-17(24(10-22-16)9-14(19)20)13-5-6-15-21-7-8-25(15)23-13/h1-8,10,14H,9H2. The molecular formula is C17H12F3N5. The number of hydrogen-bond donors (Lipinski definition) is 0. The van der Waals surface area contributed by atoms with E-state index >= 15 is 0 Å². The Morgan fingerprint density at radius 3 is 2.56 bits per heavy atom. The third-order valence-corrected chi connectivity index (χ3v) is 3.79. The van der Waals surface area contributed by atoms with Crippen LogP contribution in [0.5, 0.6) is 0 Å². The lowest BCUT2D eigenvalue weighted by atomic mass is 10.1. The molecule has 0 aliphatic rings. The molecule has 0 bridgehead atoms. The number of hydrogen-bond acceptors (Lipinski definition) is 3. The van der Waals surface area contributed by atoms with Crippen LogP contribution in [0.2, 0.25) is 0 Å². The van der Waals surface area contributed by atoms with E-state index in [2.05, 4.69) is 15.1 Å². The Balaban J connectivity index is 1.90. The largest absolute Gasteiger partial charge is 0.323 e. The van der Waals surface area contributed by atoms with Gasteiger partial charge in [-0.15, -0.1) is 0 Å². The minimum atomic E-state index is -2.54. The van der Waals surface area contributed by atoms with Crippen LogP contribution in [-0.2, 0) is 6.54 Å². The molecule has 0 saturated heterocycles. The van der Waals surface area contributed by atoms with Crippen LogP contribution in [0, 0.1) is 5.82 Å².